The summed E-state index contributed by atoms with van der Waals surface area (Å²) >= 11 is 0. The summed E-state index contributed by atoms with van der Waals surface area (Å²) in [6.45, 7) is 2.24. The van der Waals surface area contributed by atoms with Crippen LogP contribution in [0.5, 0.6) is 0 Å². The van der Waals surface area contributed by atoms with Crippen molar-refractivity contribution in [2.75, 3.05) is 5.32 Å². The highest BCUT2D eigenvalue weighted by atomic mass is 15.4. The van der Waals surface area contributed by atoms with Gasteiger partial charge in [0.05, 0.1) is 0 Å². The van der Waals surface area contributed by atoms with Crippen molar-refractivity contribution in [3.05, 3.63) is 18.1 Å². The van der Waals surface area contributed by atoms with Crippen LogP contribution in [0.25, 0.3) is 0 Å². The number of anilines is 1. The number of nitrogens with two attached hydrogens (primary N) is 1. The van der Waals surface area contributed by atoms with Gasteiger partial charge in [0.2, 0.25) is 5.95 Å². The molecule has 0 bridgehead atoms. The number of rotatable bonds is 7. The van der Waals surface area contributed by atoms with E-state index in [9.17, 15) is 0 Å². The van der Waals surface area contributed by atoms with E-state index in [0.717, 1.165) is 24.6 Å². The standard InChI is InChI=1S/C13H23N5/c1-2-3-4-5-6-7-8-12-16-13-15-10-9-11(14)18(13)17-12/h9-11H,2-8,14H2,1H3,(H,15,16,17). The quantitative estimate of drug-likeness (QED) is 0.729. The van der Waals surface area contributed by atoms with E-state index in [1.165, 1.54) is 32.1 Å². The van der Waals surface area contributed by atoms with E-state index >= 15 is 0 Å². The third kappa shape index (κ3) is 3.32. The average molecular weight is 249 g/mol. The van der Waals surface area contributed by atoms with Crippen LogP contribution in [-0.4, -0.2) is 14.8 Å². The van der Waals surface area contributed by atoms with Crippen molar-refractivity contribution in [2.24, 2.45) is 5.73 Å². The lowest BCUT2D eigenvalue weighted by molar-refractivity contribution is 0.544. The number of unbranched alkanes of at least 4 members (excludes halogenated alkanes) is 5. The first-order chi connectivity index (χ1) is 8.81. The molecular weight excluding hydrogens is 226 g/mol. The Morgan fingerprint density at radius 2 is 2.06 bits per heavy atom. The molecule has 0 saturated carbocycles. The Hall–Kier alpha value is -1.36. The normalized spacial score (nSPS) is 17.6. The number of nitrogens with one attached hydrogen (secondary N) is 1. The van der Waals surface area contributed by atoms with E-state index in [-0.39, 0.29) is 6.17 Å². The molecule has 0 aliphatic carbocycles. The topological polar surface area (TPSA) is 68.8 Å². The zero-order valence-electron chi connectivity index (χ0n) is 11.1. The Labute approximate surface area is 108 Å². The van der Waals surface area contributed by atoms with Gasteiger partial charge in [0.15, 0.2) is 5.82 Å². The lowest BCUT2D eigenvalue weighted by atomic mass is 10.1. The molecule has 0 amide bonds. The molecule has 1 unspecified atom stereocenters. The fourth-order valence-electron chi connectivity index (χ4n) is 2.15. The van der Waals surface area contributed by atoms with Crippen molar-refractivity contribution in [1.82, 2.24) is 14.8 Å². The summed E-state index contributed by atoms with van der Waals surface area (Å²) in [6.07, 6.45) is 12.2. The Morgan fingerprint density at radius 3 is 2.83 bits per heavy atom. The van der Waals surface area contributed by atoms with Gasteiger partial charge in [-0.25, -0.2) is 4.68 Å². The fraction of sp³-hybridized carbons (Fsp3) is 0.692. The molecule has 0 spiro atoms. The van der Waals surface area contributed by atoms with Crippen LogP contribution < -0.4 is 11.1 Å². The van der Waals surface area contributed by atoms with Crippen LogP contribution in [0.1, 0.15) is 57.4 Å². The number of hydrogen-bond donors (Lipinski definition) is 2. The summed E-state index contributed by atoms with van der Waals surface area (Å²) in [5, 5.41) is 7.49. The summed E-state index contributed by atoms with van der Waals surface area (Å²) in [6, 6.07) is 0. The highest BCUT2D eigenvalue weighted by Crippen LogP contribution is 2.16. The first-order valence-electron chi connectivity index (χ1n) is 6.95. The molecule has 1 atom stereocenters. The molecule has 0 aromatic carbocycles. The van der Waals surface area contributed by atoms with Crippen LogP contribution in [0.2, 0.25) is 0 Å². The molecule has 5 heteroatoms. The second-order valence-corrected chi connectivity index (χ2v) is 4.81. The van der Waals surface area contributed by atoms with Gasteiger partial charge in [-0.1, -0.05) is 39.0 Å². The highest BCUT2D eigenvalue weighted by Gasteiger charge is 2.15. The summed E-state index contributed by atoms with van der Waals surface area (Å²) in [5.74, 6) is 1.65. The first-order valence-corrected chi connectivity index (χ1v) is 6.95. The molecule has 18 heavy (non-hydrogen) atoms. The van der Waals surface area contributed by atoms with Crippen molar-refractivity contribution in [1.29, 1.82) is 0 Å². The van der Waals surface area contributed by atoms with Gasteiger partial charge in [0, 0.05) is 12.6 Å². The monoisotopic (exact) mass is 249 g/mol. The van der Waals surface area contributed by atoms with Crippen LogP contribution in [0.15, 0.2) is 12.3 Å². The second kappa shape index (κ2) is 6.54. The van der Waals surface area contributed by atoms with E-state index in [1.807, 2.05) is 12.3 Å². The molecule has 0 radical (unpaired) electrons. The van der Waals surface area contributed by atoms with Crippen molar-refractivity contribution in [3.8, 4) is 0 Å². The lowest BCUT2D eigenvalue weighted by Gasteiger charge is -2.13. The Bertz CT molecular complexity index is 396. The van der Waals surface area contributed by atoms with Gasteiger partial charge in [0.1, 0.15) is 6.17 Å². The molecule has 0 fully saturated rings. The predicted octanol–water partition coefficient (Wildman–Crippen LogP) is 2.58. The molecular formula is C13H23N5. The molecule has 1 aromatic rings. The molecule has 3 N–H and O–H groups in total. The summed E-state index contributed by atoms with van der Waals surface area (Å²) < 4.78 is 1.74. The molecule has 1 aromatic heterocycles. The van der Waals surface area contributed by atoms with Gasteiger partial charge in [-0.05, 0) is 12.5 Å². The Balaban J connectivity index is 1.74. The average Bonchev–Trinajstić information content (AvgIpc) is 2.78. The first kappa shape index (κ1) is 13.1. The highest BCUT2D eigenvalue weighted by molar-refractivity contribution is 5.33. The minimum Gasteiger partial charge on any atom is -0.331 e. The number of aromatic nitrogens is 3. The van der Waals surface area contributed by atoms with Crippen molar-refractivity contribution in [3.63, 3.8) is 0 Å². The minimum atomic E-state index is -0.188. The number of hydrogen-bond acceptors (Lipinski definition) is 4. The van der Waals surface area contributed by atoms with Crippen molar-refractivity contribution in [2.45, 2.75) is 58.0 Å². The summed E-state index contributed by atoms with van der Waals surface area (Å²) in [5.41, 5.74) is 5.90. The van der Waals surface area contributed by atoms with Gasteiger partial charge in [-0.3, -0.25) is 0 Å². The van der Waals surface area contributed by atoms with Gasteiger partial charge in [-0.2, -0.15) is 10.1 Å². The Morgan fingerprint density at radius 1 is 1.28 bits per heavy atom. The summed E-state index contributed by atoms with van der Waals surface area (Å²) in [7, 11) is 0. The third-order valence-corrected chi connectivity index (χ3v) is 3.22. The SMILES string of the molecule is CCCCCCCCc1nc2n(n1)C(N)C=CN2. The van der Waals surface area contributed by atoms with Crippen molar-refractivity contribution < 1.29 is 0 Å². The molecule has 5 nitrogen and oxygen atoms in total. The molecule has 100 valence electrons. The van der Waals surface area contributed by atoms with E-state index in [2.05, 4.69) is 22.3 Å². The van der Waals surface area contributed by atoms with Gasteiger partial charge < -0.3 is 11.1 Å². The van der Waals surface area contributed by atoms with Gasteiger partial charge in [-0.15, -0.1) is 0 Å². The minimum absolute atomic E-state index is 0.188. The van der Waals surface area contributed by atoms with Crippen LogP contribution in [0.4, 0.5) is 5.95 Å². The Kier molecular flexibility index (Phi) is 4.75. The molecule has 1 aliphatic rings. The van der Waals surface area contributed by atoms with Crippen molar-refractivity contribution >= 4 is 5.95 Å². The van der Waals surface area contributed by atoms with Crippen LogP contribution in [-0.2, 0) is 6.42 Å². The van der Waals surface area contributed by atoms with Crippen LogP contribution >= 0.6 is 0 Å². The lowest BCUT2D eigenvalue weighted by Crippen LogP contribution is -2.22. The predicted molar refractivity (Wildman–Crippen MR) is 73.1 cm³/mol. The van der Waals surface area contributed by atoms with E-state index in [4.69, 9.17) is 5.73 Å². The fourth-order valence-corrected chi connectivity index (χ4v) is 2.15. The van der Waals surface area contributed by atoms with Gasteiger partial charge >= 0.3 is 0 Å². The third-order valence-electron chi connectivity index (χ3n) is 3.22. The largest absolute Gasteiger partial charge is 0.331 e. The number of aryl methyl sites for hydroxylation is 1. The molecule has 2 heterocycles. The summed E-state index contributed by atoms with van der Waals surface area (Å²) in [4.78, 5) is 4.44. The maximum absolute atomic E-state index is 5.90. The van der Waals surface area contributed by atoms with E-state index in [0.29, 0.717) is 0 Å². The molecule has 1 aliphatic heterocycles. The number of nitrogens with zero attached hydrogens (tertiary/aromatic N) is 3. The zero-order valence-corrected chi connectivity index (χ0v) is 11.1. The van der Waals surface area contributed by atoms with Gasteiger partial charge in [0.25, 0.3) is 0 Å². The maximum Gasteiger partial charge on any atom is 0.227 e. The van der Waals surface area contributed by atoms with E-state index in [1.54, 1.807) is 4.68 Å². The smallest absolute Gasteiger partial charge is 0.227 e. The second-order valence-electron chi connectivity index (χ2n) is 4.81. The zero-order chi connectivity index (χ0) is 12.8. The maximum atomic E-state index is 5.90. The number of fused-ring (bicyclic) bond motifs is 1. The van der Waals surface area contributed by atoms with Crippen LogP contribution in [0.3, 0.4) is 0 Å². The molecule has 2 rings (SSSR count). The molecule has 0 saturated heterocycles. The van der Waals surface area contributed by atoms with Crippen LogP contribution in [0, 0.1) is 0 Å². The van der Waals surface area contributed by atoms with E-state index < -0.39 is 0 Å².